The molecule has 2 nitrogen and oxygen atoms in total. The molecule has 1 N–H and O–H groups in total. The highest BCUT2D eigenvalue weighted by Gasteiger charge is 2.14. The lowest BCUT2D eigenvalue weighted by molar-refractivity contribution is 1.01. The van der Waals surface area contributed by atoms with Crippen molar-refractivity contribution in [3.63, 3.8) is 0 Å². The average Bonchev–Trinajstić information content (AvgIpc) is 3.44. The monoisotopic (exact) mass is 460 g/mol. The van der Waals surface area contributed by atoms with Gasteiger partial charge >= 0.3 is 0 Å². The van der Waals surface area contributed by atoms with Crippen molar-refractivity contribution in [2.45, 2.75) is 6.42 Å². The zero-order valence-corrected chi connectivity index (χ0v) is 20.0. The van der Waals surface area contributed by atoms with Gasteiger partial charge in [-0.2, -0.15) is 0 Å². The maximum Gasteiger partial charge on any atom is 0.0495 e. The number of benzene rings is 6. The van der Waals surface area contributed by atoms with Crippen LogP contribution in [-0.4, -0.2) is 9.55 Å². The fourth-order valence-corrected chi connectivity index (χ4v) is 6.28. The summed E-state index contributed by atoms with van der Waals surface area (Å²) in [5, 5.41) is 10.6. The van der Waals surface area contributed by atoms with Gasteiger partial charge < -0.3 is 9.55 Å². The summed E-state index contributed by atoms with van der Waals surface area (Å²) >= 11 is 0. The second-order valence-electron chi connectivity index (χ2n) is 9.94. The number of aromatic nitrogens is 2. The molecule has 0 saturated heterocycles. The fourth-order valence-electron chi connectivity index (χ4n) is 6.28. The van der Waals surface area contributed by atoms with E-state index >= 15 is 0 Å². The summed E-state index contributed by atoms with van der Waals surface area (Å²) in [4.78, 5) is 3.63. The molecule has 0 spiro atoms. The van der Waals surface area contributed by atoms with Crippen LogP contribution >= 0.6 is 0 Å². The number of nitrogens with one attached hydrogen (secondary N) is 1. The maximum atomic E-state index is 3.63. The molecule has 0 unspecified atom stereocenters. The van der Waals surface area contributed by atoms with Gasteiger partial charge in [-0.1, -0.05) is 78.9 Å². The largest absolute Gasteiger partial charge is 0.354 e. The Morgan fingerprint density at radius 3 is 2.31 bits per heavy atom. The molecule has 0 fully saturated rings. The van der Waals surface area contributed by atoms with Crippen LogP contribution in [-0.2, 0) is 13.5 Å². The predicted octanol–water partition coefficient (Wildman–Crippen LogP) is 8.86. The van der Waals surface area contributed by atoms with Crippen molar-refractivity contribution in [3.8, 4) is 0 Å². The topological polar surface area (TPSA) is 20.7 Å². The van der Waals surface area contributed by atoms with Gasteiger partial charge in [-0.05, 0) is 69.4 Å². The number of rotatable bonds is 2. The molecule has 2 heteroatoms. The summed E-state index contributed by atoms with van der Waals surface area (Å²) in [6.45, 7) is 0. The average molecular weight is 461 g/mol. The first kappa shape index (κ1) is 19.7. The number of aromatic amines is 1. The molecule has 0 aliphatic carbocycles. The molecule has 8 aromatic rings. The van der Waals surface area contributed by atoms with Crippen LogP contribution in [0.2, 0.25) is 0 Å². The molecule has 0 bridgehead atoms. The van der Waals surface area contributed by atoms with Crippen LogP contribution in [0.3, 0.4) is 0 Å². The first-order valence-corrected chi connectivity index (χ1v) is 12.6. The Bertz CT molecular complexity index is 2140. The molecule has 0 amide bonds. The minimum absolute atomic E-state index is 0.904. The SMILES string of the molecule is Cn1c2ccccc2c2c3cccc(Cc4ccc5[nH]c6ccc7ccccc7c6c5c4)c3ccc21. The van der Waals surface area contributed by atoms with Crippen LogP contribution in [0.4, 0.5) is 0 Å². The Labute approximate surface area is 208 Å². The van der Waals surface area contributed by atoms with Gasteiger partial charge in [0.05, 0.1) is 0 Å². The van der Waals surface area contributed by atoms with Gasteiger partial charge in [0, 0.05) is 50.7 Å². The van der Waals surface area contributed by atoms with Crippen molar-refractivity contribution in [3.05, 3.63) is 120 Å². The Hall–Kier alpha value is -4.56. The van der Waals surface area contributed by atoms with Crippen molar-refractivity contribution < 1.29 is 0 Å². The molecule has 0 aliphatic rings. The van der Waals surface area contributed by atoms with E-state index in [4.69, 9.17) is 0 Å². The van der Waals surface area contributed by atoms with Gasteiger partial charge in [0.15, 0.2) is 0 Å². The van der Waals surface area contributed by atoms with E-state index in [9.17, 15) is 0 Å². The summed E-state index contributed by atoms with van der Waals surface area (Å²) in [5.41, 5.74) is 7.66. The molecule has 0 saturated carbocycles. The molecule has 2 heterocycles. The molecule has 2 aromatic heterocycles. The number of hydrogen-bond donors (Lipinski definition) is 1. The first-order chi connectivity index (χ1) is 17.8. The van der Waals surface area contributed by atoms with Gasteiger partial charge in [0.2, 0.25) is 0 Å². The van der Waals surface area contributed by atoms with E-state index in [2.05, 4.69) is 126 Å². The third kappa shape index (κ3) is 2.67. The predicted molar refractivity (Wildman–Crippen MR) is 154 cm³/mol. The third-order valence-corrected chi connectivity index (χ3v) is 7.97. The highest BCUT2D eigenvalue weighted by molar-refractivity contribution is 6.22. The van der Waals surface area contributed by atoms with E-state index in [1.165, 1.54) is 76.3 Å². The van der Waals surface area contributed by atoms with Crippen LogP contribution in [0.1, 0.15) is 11.1 Å². The molecule has 0 atom stereocenters. The van der Waals surface area contributed by atoms with Crippen molar-refractivity contribution >= 4 is 65.2 Å². The maximum absolute atomic E-state index is 3.63. The Morgan fingerprint density at radius 2 is 1.36 bits per heavy atom. The summed E-state index contributed by atoms with van der Waals surface area (Å²) in [6.07, 6.45) is 0.904. The second kappa shape index (κ2) is 7.22. The summed E-state index contributed by atoms with van der Waals surface area (Å²) in [5.74, 6) is 0. The van der Waals surface area contributed by atoms with E-state index in [-0.39, 0.29) is 0 Å². The van der Waals surface area contributed by atoms with Crippen molar-refractivity contribution in [1.29, 1.82) is 0 Å². The van der Waals surface area contributed by atoms with E-state index in [0.29, 0.717) is 0 Å². The van der Waals surface area contributed by atoms with Gasteiger partial charge in [-0.3, -0.25) is 0 Å². The zero-order chi connectivity index (χ0) is 23.8. The van der Waals surface area contributed by atoms with E-state index in [1.807, 2.05) is 0 Å². The molecular formula is C34H24N2. The summed E-state index contributed by atoms with van der Waals surface area (Å²) in [6, 6.07) is 40.1. The van der Waals surface area contributed by atoms with Crippen molar-refractivity contribution in [2.75, 3.05) is 0 Å². The van der Waals surface area contributed by atoms with E-state index in [0.717, 1.165) is 6.42 Å². The van der Waals surface area contributed by atoms with Gasteiger partial charge in [0.25, 0.3) is 0 Å². The molecule has 36 heavy (non-hydrogen) atoms. The molecule has 170 valence electrons. The normalized spacial score (nSPS) is 12.1. The van der Waals surface area contributed by atoms with Crippen LogP contribution in [0.15, 0.2) is 109 Å². The van der Waals surface area contributed by atoms with Crippen LogP contribution in [0, 0.1) is 0 Å². The van der Waals surface area contributed by atoms with Crippen LogP contribution in [0.25, 0.3) is 65.2 Å². The van der Waals surface area contributed by atoms with Gasteiger partial charge in [-0.25, -0.2) is 0 Å². The molecular weight excluding hydrogens is 436 g/mol. The van der Waals surface area contributed by atoms with Gasteiger partial charge in [0.1, 0.15) is 0 Å². The number of fused-ring (bicyclic) bond motifs is 10. The third-order valence-electron chi connectivity index (χ3n) is 7.97. The number of nitrogens with zero attached hydrogens (tertiary/aromatic N) is 1. The molecule has 6 aromatic carbocycles. The summed E-state index contributed by atoms with van der Waals surface area (Å²) in [7, 11) is 2.17. The second-order valence-corrected chi connectivity index (χ2v) is 9.94. The Morgan fingerprint density at radius 1 is 0.556 bits per heavy atom. The fraction of sp³-hybridized carbons (Fsp3) is 0.0588. The lowest BCUT2D eigenvalue weighted by atomic mass is 9.95. The number of para-hydroxylation sites is 1. The number of hydrogen-bond acceptors (Lipinski definition) is 0. The van der Waals surface area contributed by atoms with Crippen molar-refractivity contribution in [1.82, 2.24) is 9.55 Å². The molecule has 0 aliphatic heterocycles. The van der Waals surface area contributed by atoms with Gasteiger partial charge in [-0.15, -0.1) is 0 Å². The standard InChI is InChI=1S/C34H24N2/c1-36-31-12-5-4-10-27(31)34-26-11-6-8-23(24(26)15-18-32(34)36)19-21-13-16-29-28(20-21)33-25-9-3-2-7-22(25)14-17-30(33)35-29/h2-18,20,35H,19H2,1H3. The molecule has 0 radical (unpaired) electrons. The minimum atomic E-state index is 0.904. The molecule has 8 rings (SSSR count). The smallest absolute Gasteiger partial charge is 0.0495 e. The van der Waals surface area contributed by atoms with E-state index < -0.39 is 0 Å². The van der Waals surface area contributed by atoms with Crippen LogP contribution < -0.4 is 0 Å². The number of aryl methyl sites for hydroxylation is 1. The van der Waals surface area contributed by atoms with Crippen LogP contribution in [0.5, 0.6) is 0 Å². The Kier molecular flexibility index (Phi) is 3.96. The summed E-state index contributed by atoms with van der Waals surface area (Å²) < 4.78 is 2.31. The number of H-pyrrole nitrogens is 1. The Balaban J connectivity index is 1.33. The van der Waals surface area contributed by atoms with E-state index in [1.54, 1.807) is 0 Å². The zero-order valence-electron chi connectivity index (χ0n) is 20.0. The minimum Gasteiger partial charge on any atom is -0.354 e. The van der Waals surface area contributed by atoms with Crippen molar-refractivity contribution in [2.24, 2.45) is 7.05 Å². The highest BCUT2D eigenvalue weighted by atomic mass is 14.9. The first-order valence-electron chi connectivity index (χ1n) is 12.6. The highest BCUT2D eigenvalue weighted by Crippen LogP contribution is 2.37. The lowest BCUT2D eigenvalue weighted by Gasteiger charge is -2.09. The lowest BCUT2D eigenvalue weighted by Crippen LogP contribution is -1.91. The quantitative estimate of drug-likeness (QED) is 0.266.